The highest BCUT2D eigenvalue weighted by Gasteiger charge is 2.41. The van der Waals surface area contributed by atoms with E-state index in [0.29, 0.717) is 31.4 Å². The number of carbonyl (C=O) groups excluding carboxylic acids is 4. The van der Waals surface area contributed by atoms with E-state index in [4.69, 9.17) is 32.5 Å². The van der Waals surface area contributed by atoms with Crippen molar-refractivity contribution in [2.45, 2.75) is 64.9 Å². The van der Waals surface area contributed by atoms with Gasteiger partial charge in [0.2, 0.25) is 6.79 Å². The van der Waals surface area contributed by atoms with Crippen molar-refractivity contribution in [3.8, 4) is 0 Å². The van der Waals surface area contributed by atoms with Crippen LogP contribution in [-0.2, 0) is 39.9 Å². The second-order valence-electron chi connectivity index (χ2n) is 9.75. The van der Waals surface area contributed by atoms with Gasteiger partial charge in [-0.15, -0.1) is 0 Å². The lowest BCUT2D eigenvalue weighted by Crippen LogP contribution is -2.54. The van der Waals surface area contributed by atoms with E-state index in [2.05, 4.69) is 10.2 Å². The van der Waals surface area contributed by atoms with E-state index < -0.39 is 52.7 Å². The molecule has 2 rings (SSSR count). The number of rotatable bonds is 14. The van der Waals surface area contributed by atoms with Gasteiger partial charge in [-0.1, -0.05) is 13.8 Å². The molecule has 1 aliphatic rings. The van der Waals surface area contributed by atoms with Gasteiger partial charge < -0.3 is 37.8 Å². The smallest absolute Gasteiger partial charge is 0.464 e. The van der Waals surface area contributed by atoms with Crippen molar-refractivity contribution >= 4 is 35.1 Å². The molecule has 0 bridgehead atoms. The topological polar surface area (TPSA) is 173 Å². The van der Waals surface area contributed by atoms with Gasteiger partial charge in [-0.3, -0.25) is 9.69 Å². The molecule has 1 amide bonds. The van der Waals surface area contributed by atoms with Crippen LogP contribution in [0.25, 0.3) is 0 Å². The van der Waals surface area contributed by atoms with E-state index in [9.17, 15) is 24.0 Å². The molecule has 14 nitrogen and oxygen atoms in total. The molecule has 1 saturated heterocycles. The van der Waals surface area contributed by atoms with E-state index >= 15 is 0 Å². The van der Waals surface area contributed by atoms with Crippen LogP contribution in [0.3, 0.4) is 0 Å². The van der Waals surface area contributed by atoms with Crippen LogP contribution < -0.4 is 11.1 Å². The summed E-state index contributed by atoms with van der Waals surface area (Å²) < 4.78 is 33.9. The third kappa shape index (κ3) is 11.6. The first-order valence-corrected chi connectivity index (χ1v) is 13.7. The SMILES string of the molecule is Cc1oc(=O)oc1COC(=O)SC(C)(C)[C@@H](NC(=O)OCOC(=O)C(C)C)C(=O)OCCCCN1CCOCC1. The molecule has 0 spiro atoms. The van der Waals surface area contributed by atoms with Crippen LogP contribution in [0.1, 0.15) is 52.1 Å². The summed E-state index contributed by atoms with van der Waals surface area (Å²) in [5.41, 5.74) is 0. The summed E-state index contributed by atoms with van der Waals surface area (Å²) in [7, 11) is 0. The molecule has 15 heteroatoms. The number of aryl methyl sites for hydroxylation is 1. The number of hydrogen-bond donors (Lipinski definition) is 1. The van der Waals surface area contributed by atoms with Gasteiger partial charge in [0.05, 0.1) is 30.5 Å². The number of esters is 2. The van der Waals surface area contributed by atoms with Crippen molar-refractivity contribution in [3.05, 3.63) is 22.1 Å². The number of hydrogen-bond acceptors (Lipinski definition) is 14. The molecular formula is C25H38N2O12S. The fraction of sp³-hybridized carbons (Fsp3) is 0.720. The Morgan fingerprint density at radius 1 is 1.00 bits per heavy atom. The number of unbranched alkanes of at least 4 members (excludes halogenated alkanes) is 1. The quantitative estimate of drug-likeness (QED) is 0.145. The monoisotopic (exact) mass is 590 g/mol. The van der Waals surface area contributed by atoms with E-state index in [1.54, 1.807) is 13.8 Å². The van der Waals surface area contributed by atoms with Crippen LogP contribution in [0.5, 0.6) is 0 Å². The standard InChI is InChI=1S/C25H38N2O12S/c1-16(2)20(28)36-15-37-22(30)26-19(21(29)34-11-7-6-8-27-9-12-33-13-10-27)25(4,5)40-24(32)35-14-18-17(3)38-23(31)39-18/h16,19H,6-15H2,1-5H3,(H,26,30)/t19-/m0/s1. The minimum absolute atomic E-state index is 0.0439. The van der Waals surface area contributed by atoms with Crippen LogP contribution in [-0.4, -0.2) is 85.3 Å². The van der Waals surface area contributed by atoms with E-state index in [1.807, 2.05) is 0 Å². The largest absolute Gasteiger partial charge is 0.519 e. The molecular weight excluding hydrogens is 552 g/mol. The molecule has 1 aromatic rings. The molecule has 2 heterocycles. The van der Waals surface area contributed by atoms with Crippen LogP contribution in [0.4, 0.5) is 9.59 Å². The summed E-state index contributed by atoms with van der Waals surface area (Å²) in [6.45, 7) is 10.8. The number of ether oxygens (including phenoxy) is 5. The molecule has 1 aromatic heterocycles. The molecule has 1 N–H and O–H groups in total. The maximum Gasteiger partial charge on any atom is 0.519 e. The Kier molecular flexibility index (Phi) is 13.5. The third-order valence-electron chi connectivity index (χ3n) is 5.78. The maximum atomic E-state index is 13.0. The Morgan fingerprint density at radius 3 is 2.33 bits per heavy atom. The first-order chi connectivity index (χ1) is 18.9. The summed E-state index contributed by atoms with van der Waals surface area (Å²) in [4.78, 5) is 63.0. The molecule has 226 valence electrons. The third-order valence-corrected chi connectivity index (χ3v) is 6.82. The number of alkyl carbamates (subject to hydrolysis) is 1. The van der Waals surface area contributed by atoms with Crippen LogP contribution in [0.15, 0.2) is 13.6 Å². The molecule has 0 aromatic carbocycles. The van der Waals surface area contributed by atoms with Gasteiger partial charge in [0.1, 0.15) is 6.04 Å². The van der Waals surface area contributed by atoms with E-state index in [1.165, 1.54) is 20.8 Å². The molecule has 0 saturated carbocycles. The van der Waals surface area contributed by atoms with E-state index in [0.717, 1.165) is 26.1 Å². The Labute approximate surface area is 236 Å². The molecule has 0 aliphatic carbocycles. The lowest BCUT2D eigenvalue weighted by Gasteiger charge is -2.31. The van der Waals surface area contributed by atoms with Gasteiger partial charge in [-0.05, 0) is 51.9 Å². The number of thioether (sulfide) groups is 1. The maximum absolute atomic E-state index is 13.0. The Morgan fingerprint density at radius 2 is 1.70 bits per heavy atom. The van der Waals surface area contributed by atoms with Crippen LogP contribution in [0.2, 0.25) is 0 Å². The van der Waals surface area contributed by atoms with Crippen molar-refractivity contribution < 1.29 is 51.7 Å². The summed E-state index contributed by atoms with van der Waals surface area (Å²) in [6.07, 6.45) is 0.336. The van der Waals surface area contributed by atoms with Crippen molar-refractivity contribution in [2.24, 2.45) is 5.92 Å². The molecule has 1 atom stereocenters. The first-order valence-electron chi connectivity index (χ1n) is 12.9. The first kappa shape index (κ1) is 33.2. The van der Waals surface area contributed by atoms with Crippen molar-refractivity contribution in [3.63, 3.8) is 0 Å². The molecule has 1 aliphatic heterocycles. The summed E-state index contributed by atoms with van der Waals surface area (Å²) >= 11 is 0.621. The van der Waals surface area contributed by atoms with Crippen LogP contribution in [0, 0.1) is 12.8 Å². The second kappa shape index (κ2) is 16.3. The minimum Gasteiger partial charge on any atom is -0.464 e. The highest BCUT2D eigenvalue weighted by molar-refractivity contribution is 8.14. The van der Waals surface area contributed by atoms with Crippen molar-refractivity contribution in [2.75, 3.05) is 46.2 Å². The van der Waals surface area contributed by atoms with Gasteiger partial charge in [-0.25, -0.2) is 19.2 Å². The minimum atomic E-state index is -1.34. The van der Waals surface area contributed by atoms with Gasteiger partial charge >= 0.3 is 29.2 Å². The average molecular weight is 591 g/mol. The zero-order chi connectivity index (χ0) is 29.7. The predicted octanol–water partition coefficient (Wildman–Crippen LogP) is 2.60. The van der Waals surface area contributed by atoms with Gasteiger partial charge in [0.25, 0.3) is 0 Å². The highest BCUT2D eigenvalue weighted by atomic mass is 32.2. The van der Waals surface area contributed by atoms with Gasteiger partial charge in [0, 0.05) is 13.1 Å². The Hall–Kier alpha value is -3.04. The van der Waals surface area contributed by atoms with Crippen molar-refractivity contribution in [1.82, 2.24) is 10.2 Å². The predicted molar refractivity (Wildman–Crippen MR) is 140 cm³/mol. The zero-order valence-electron chi connectivity index (χ0n) is 23.5. The Balaban J connectivity index is 1.95. The van der Waals surface area contributed by atoms with Crippen molar-refractivity contribution in [1.29, 1.82) is 0 Å². The number of nitrogens with zero attached hydrogens (tertiary/aromatic N) is 1. The highest BCUT2D eigenvalue weighted by Crippen LogP contribution is 2.31. The van der Waals surface area contributed by atoms with Gasteiger partial charge in [-0.2, -0.15) is 0 Å². The number of nitrogens with one attached hydrogen (secondary N) is 1. The van der Waals surface area contributed by atoms with E-state index in [-0.39, 0.29) is 24.7 Å². The zero-order valence-corrected chi connectivity index (χ0v) is 24.3. The fourth-order valence-electron chi connectivity index (χ4n) is 3.44. The summed E-state index contributed by atoms with van der Waals surface area (Å²) in [6, 6.07) is -1.34. The summed E-state index contributed by atoms with van der Waals surface area (Å²) in [5, 5.41) is 1.58. The molecule has 0 radical (unpaired) electrons. The second-order valence-corrected chi connectivity index (χ2v) is 11.3. The number of amides is 1. The normalized spacial score (nSPS) is 14.8. The Bertz CT molecular complexity index is 1040. The average Bonchev–Trinajstić information content (AvgIpc) is 3.22. The summed E-state index contributed by atoms with van der Waals surface area (Å²) in [5.74, 6) is -2.49. The molecule has 40 heavy (non-hydrogen) atoms. The molecule has 0 unspecified atom stereocenters. The lowest BCUT2D eigenvalue weighted by atomic mass is 10.0. The molecule has 1 fully saturated rings. The van der Waals surface area contributed by atoms with Gasteiger partial charge in [0.15, 0.2) is 18.1 Å². The fourth-order valence-corrected chi connectivity index (χ4v) is 4.26. The van der Waals surface area contributed by atoms with Crippen LogP contribution >= 0.6 is 11.8 Å². The number of morpholine rings is 1. The number of carbonyl (C=O) groups is 4. The lowest BCUT2D eigenvalue weighted by molar-refractivity contribution is -0.156.